The average Bonchev–Trinajstić information content (AvgIpc) is 2.97. The normalized spacial score (nSPS) is 17.0. The highest BCUT2D eigenvalue weighted by molar-refractivity contribution is 8.18. The highest BCUT2D eigenvalue weighted by Crippen LogP contribution is 2.36. The van der Waals surface area contributed by atoms with Gasteiger partial charge in [-0.25, -0.2) is 4.99 Å². The summed E-state index contributed by atoms with van der Waals surface area (Å²) >= 11 is 1.26. The van der Waals surface area contributed by atoms with Gasteiger partial charge in [0.1, 0.15) is 0 Å². The van der Waals surface area contributed by atoms with E-state index in [0.717, 1.165) is 5.69 Å². The maximum Gasteiger partial charge on any atom is 0.311 e. The molecular weight excluding hydrogens is 378 g/mol. The zero-order chi connectivity index (χ0) is 20.3. The molecule has 1 fully saturated rings. The van der Waals surface area contributed by atoms with Gasteiger partial charge in [0.15, 0.2) is 10.9 Å². The fourth-order valence-electron chi connectivity index (χ4n) is 2.72. The van der Waals surface area contributed by atoms with E-state index in [9.17, 15) is 14.9 Å². The number of hydrogen-bond acceptors (Lipinski definition) is 6. The highest BCUT2D eigenvalue weighted by Gasteiger charge is 2.35. The molecule has 0 aromatic heterocycles. The van der Waals surface area contributed by atoms with Gasteiger partial charge in [0, 0.05) is 12.1 Å². The first kappa shape index (κ1) is 19.6. The van der Waals surface area contributed by atoms with Gasteiger partial charge in [0.05, 0.1) is 22.6 Å². The lowest BCUT2D eigenvalue weighted by Crippen LogP contribution is -2.35. The summed E-state index contributed by atoms with van der Waals surface area (Å²) < 4.78 is 5.02. The van der Waals surface area contributed by atoms with E-state index in [2.05, 4.69) is 4.99 Å². The zero-order valence-electron chi connectivity index (χ0n) is 15.7. The zero-order valence-corrected chi connectivity index (χ0v) is 16.5. The number of benzene rings is 2. The van der Waals surface area contributed by atoms with Crippen LogP contribution >= 0.6 is 11.8 Å². The molecule has 3 rings (SSSR count). The predicted molar refractivity (Wildman–Crippen MR) is 111 cm³/mol. The van der Waals surface area contributed by atoms with Gasteiger partial charge in [-0.3, -0.25) is 19.8 Å². The Morgan fingerprint density at radius 1 is 1.21 bits per heavy atom. The van der Waals surface area contributed by atoms with Crippen LogP contribution < -0.4 is 4.74 Å². The fraction of sp³-hybridized carbons (Fsp3) is 0.200. The van der Waals surface area contributed by atoms with Crippen LogP contribution in [0.4, 0.5) is 11.4 Å². The molecule has 1 heterocycles. The van der Waals surface area contributed by atoms with Crippen LogP contribution in [-0.2, 0) is 4.79 Å². The minimum Gasteiger partial charge on any atom is -0.490 e. The van der Waals surface area contributed by atoms with Gasteiger partial charge in [0.2, 0.25) is 0 Å². The molecule has 28 heavy (non-hydrogen) atoms. The molecule has 1 amide bonds. The van der Waals surface area contributed by atoms with Crippen LogP contribution in [0.25, 0.3) is 6.08 Å². The van der Waals surface area contributed by atoms with Gasteiger partial charge in [-0.05, 0) is 55.4 Å². The Bertz CT molecular complexity index is 971. The molecule has 0 spiro atoms. The number of thioether (sulfide) groups is 1. The highest BCUT2D eigenvalue weighted by atomic mass is 32.2. The predicted octanol–water partition coefficient (Wildman–Crippen LogP) is 4.62. The molecule has 2 aromatic carbocycles. The van der Waals surface area contributed by atoms with Crippen molar-refractivity contribution in [2.24, 2.45) is 4.99 Å². The maximum atomic E-state index is 12.9. The first-order valence-corrected chi connectivity index (χ1v) is 9.41. The van der Waals surface area contributed by atoms with Gasteiger partial charge in [0.25, 0.3) is 5.91 Å². The number of carbonyl (C=O) groups is 1. The van der Waals surface area contributed by atoms with Crippen molar-refractivity contribution in [2.45, 2.75) is 19.9 Å². The number of aliphatic imine (C=N–C) groups is 1. The van der Waals surface area contributed by atoms with Gasteiger partial charge in [-0.1, -0.05) is 24.3 Å². The summed E-state index contributed by atoms with van der Waals surface area (Å²) in [4.78, 5) is 30.3. The molecule has 144 valence electrons. The largest absolute Gasteiger partial charge is 0.490 e. The Kier molecular flexibility index (Phi) is 5.79. The molecule has 0 N–H and O–H groups in total. The minimum atomic E-state index is -0.507. The van der Waals surface area contributed by atoms with Crippen molar-refractivity contribution >= 4 is 40.3 Å². The van der Waals surface area contributed by atoms with Crippen molar-refractivity contribution in [3.8, 4) is 5.75 Å². The van der Waals surface area contributed by atoms with Crippen molar-refractivity contribution in [3.05, 3.63) is 69.1 Å². The number of nitrogens with zero attached hydrogens (tertiary/aromatic N) is 3. The fourth-order valence-corrected chi connectivity index (χ4v) is 3.84. The van der Waals surface area contributed by atoms with Crippen molar-refractivity contribution in [2.75, 3.05) is 7.11 Å². The van der Waals surface area contributed by atoms with Crippen LogP contribution in [-0.4, -0.2) is 34.0 Å². The molecule has 7 nitrogen and oxygen atoms in total. The molecule has 0 radical (unpaired) electrons. The molecule has 8 heteroatoms. The van der Waals surface area contributed by atoms with Crippen LogP contribution in [0.2, 0.25) is 0 Å². The molecule has 0 bridgehead atoms. The third kappa shape index (κ3) is 4.07. The Balaban J connectivity index is 1.99. The standard InChI is InChI=1S/C20H19N3O4S/c1-13(2)22-19(24)18(28-20(22)21-15-7-5-4-6-8-15)12-14-9-10-17(27-3)16(11-14)23(25)26/h4-13H,1-3H3/b18-12+,21-20?. The molecule has 0 aliphatic carbocycles. The maximum absolute atomic E-state index is 12.9. The van der Waals surface area contributed by atoms with Crippen molar-refractivity contribution in [1.29, 1.82) is 0 Å². The number of rotatable bonds is 5. The molecule has 1 aliphatic heterocycles. The summed E-state index contributed by atoms with van der Waals surface area (Å²) in [6, 6.07) is 13.9. The van der Waals surface area contributed by atoms with Crippen LogP contribution in [0, 0.1) is 10.1 Å². The lowest BCUT2D eigenvalue weighted by molar-refractivity contribution is -0.385. The first-order chi connectivity index (χ1) is 13.4. The van der Waals surface area contributed by atoms with Crippen LogP contribution in [0.3, 0.4) is 0 Å². The van der Waals surface area contributed by atoms with E-state index in [1.165, 1.54) is 31.0 Å². The van der Waals surface area contributed by atoms with Gasteiger partial charge in [-0.2, -0.15) is 0 Å². The van der Waals surface area contributed by atoms with E-state index < -0.39 is 4.92 Å². The number of nitro groups is 1. The molecular formula is C20H19N3O4S. The molecule has 0 saturated carbocycles. The van der Waals surface area contributed by atoms with Crippen LogP contribution in [0.1, 0.15) is 19.4 Å². The second kappa shape index (κ2) is 8.26. The minimum absolute atomic E-state index is 0.0708. The van der Waals surface area contributed by atoms with E-state index >= 15 is 0 Å². The SMILES string of the molecule is COc1ccc(/C=C2/SC(=Nc3ccccc3)N(C(C)C)C2=O)cc1[N+](=O)[O-]. The van der Waals surface area contributed by atoms with Crippen molar-refractivity contribution < 1.29 is 14.5 Å². The monoisotopic (exact) mass is 397 g/mol. The number of hydrogen-bond donors (Lipinski definition) is 0. The first-order valence-electron chi connectivity index (χ1n) is 8.60. The van der Waals surface area contributed by atoms with E-state index in [0.29, 0.717) is 15.6 Å². The number of amides is 1. The number of para-hydroxylation sites is 1. The Morgan fingerprint density at radius 2 is 1.93 bits per heavy atom. The molecule has 0 atom stereocenters. The number of methoxy groups -OCH3 is 1. The molecule has 2 aromatic rings. The summed E-state index contributed by atoms with van der Waals surface area (Å²) in [6.45, 7) is 3.83. The van der Waals surface area contributed by atoms with Crippen LogP contribution in [0.15, 0.2) is 58.4 Å². The van der Waals surface area contributed by atoms with E-state index in [1.807, 2.05) is 44.2 Å². The molecule has 1 saturated heterocycles. The summed E-state index contributed by atoms with van der Waals surface area (Å²) in [5, 5.41) is 11.8. The second-order valence-corrected chi connectivity index (χ2v) is 7.31. The van der Waals surface area contributed by atoms with Gasteiger partial charge >= 0.3 is 5.69 Å². The summed E-state index contributed by atoms with van der Waals surface area (Å²) in [7, 11) is 1.38. The van der Waals surface area contributed by atoms with E-state index in [4.69, 9.17) is 4.74 Å². The lowest BCUT2D eigenvalue weighted by Gasteiger charge is -2.19. The summed E-state index contributed by atoms with van der Waals surface area (Å²) in [6.07, 6.45) is 1.64. The topological polar surface area (TPSA) is 85.0 Å². The molecule has 0 unspecified atom stereocenters. The van der Waals surface area contributed by atoms with Gasteiger partial charge < -0.3 is 4.74 Å². The van der Waals surface area contributed by atoms with Crippen molar-refractivity contribution in [1.82, 2.24) is 4.90 Å². The van der Waals surface area contributed by atoms with E-state index in [1.54, 1.807) is 17.0 Å². The van der Waals surface area contributed by atoms with Gasteiger partial charge in [-0.15, -0.1) is 0 Å². The Labute approximate surface area is 166 Å². The summed E-state index contributed by atoms with van der Waals surface area (Å²) in [5.41, 5.74) is 1.16. The lowest BCUT2D eigenvalue weighted by atomic mass is 10.1. The Hall–Kier alpha value is -3.13. The number of ether oxygens (including phenoxy) is 1. The van der Waals surface area contributed by atoms with Crippen LogP contribution in [0.5, 0.6) is 5.75 Å². The Morgan fingerprint density at radius 3 is 2.54 bits per heavy atom. The second-order valence-electron chi connectivity index (χ2n) is 6.30. The number of amidine groups is 1. The van der Waals surface area contributed by atoms with E-state index in [-0.39, 0.29) is 23.4 Å². The average molecular weight is 397 g/mol. The molecule has 1 aliphatic rings. The number of carbonyl (C=O) groups excluding carboxylic acids is 1. The number of nitro benzene ring substituents is 1. The summed E-state index contributed by atoms with van der Waals surface area (Å²) in [5.74, 6) is 0.000778. The quantitative estimate of drug-likeness (QED) is 0.418. The van der Waals surface area contributed by atoms with Crippen molar-refractivity contribution in [3.63, 3.8) is 0 Å². The smallest absolute Gasteiger partial charge is 0.311 e. The third-order valence-corrected chi connectivity index (χ3v) is 5.01. The third-order valence-electron chi connectivity index (χ3n) is 4.03.